The zero-order valence-corrected chi connectivity index (χ0v) is 18.7. The predicted molar refractivity (Wildman–Crippen MR) is 129 cm³/mol. The van der Waals surface area contributed by atoms with Gasteiger partial charge in [0, 0.05) is 31.0 Å². The van der Waals surface area contributed by atoms with Gasteiger partial charge in [-0.15, -0.1) is 0 Å². The highest BCUT2D eigenvalue weighted by atomic mass is 16.2. The molecule has 0 saturated heterocycles. The van der Waals surface area contributed by atoms with E-state index in [1.54, 1.807) is 0 Å². The van der Waals surface area contributed by atoms with Gasteiger partial charge in [0.2, 0.25) is 0 Å². The van der Waals surface area contributed by atoms with Gasteiger partial charge < -0.3 is 15.5 Å². The molecular weight excluding hydrogens is 398 g/mol. The Labute approximate surface area is 189 Å². The molecule has 3 aromatic rings. The van der Waals surface area contributed by atoms with Gasteiger partial charge in [0.25, 0.3) is 0 Å². The number of rotatable bonds is 5. The largest absolute Gasteiger partial charge is 0.367 e. The molecule has 1 aliphatic heterocycles. The number of fused-ring (bicyclic) bond motifs is 1. The van der Waals surface area contributed by atoms with Crippen LogP contribution in [0.15, 0.2) is 66.7 Å². The zero-order valence-electron chi connectivity index (χ0n) is 18.7. The second-order valence-corrected chi connectivity index (χ2v) is 8.33. The minimum atomic E-state index is -0.636. The fraction of sp³-hybridized carbons (Fsp3) is 0.259. The molecule has 32 heavy (non-hydrogen) atoms. The Balaban J connectivity index is 1.27. The van der Waals surface area contributed by atoms with Crippen LogP contribution in [-0.4, -0.2) is 24.9 Å². The lowest BCUT2D eigenvalue weighted by Crippen LogP contribution is -2.36. The summed E-state index contributed by atoms with van der Waals surface area (Å²) in [5.74, 6) is -1.25. The van der Waals surface area contributed by atoms with E-state index in [1.165, 1.54) is 16.8 Å². The Morgan fingerprint density at radius 3 is 2.25 bits per heavy atom. The van der Waals surface area contributed by atoms with Gasteiger partial charge in [-0.05, 0) is 66.6 Å². The summed E-state index contributed by atoms with van der Waals surface area (Å²) in [5, 5.41) is 5.44. The minimum absolute atomic E-state index is 0.412. The van der Waals surface area contributed by atoms with E-state index in [-0.39, 0.29) is 0 Å². The fourth-order valence-electron chi connectivity index (χ4n) is 4.17. The third-order valence-electron chi connectivity index (χ3n) is 6.06. The SMILES string of the molecule is Cc1cccc(C)c1NC(=O)C(=O)NCCc1ccc(N2CCc3ccccc3C2)cc1. The molecular formula is C27H29N3O2. The molecule has 1 heterocycles. The van der Waals surface area contributed by atoms with Crippen molar-refractivity contribution in [1.29, 1.82) is 0 Å². The Morgan fingerprint density at radius 2 is 1.53 bits per heavy atom. The van der Waals surface area contributed by atoms with Gasteiger partial charge in [-0.1, -0.05) is 54.6 Å². The number of hydrogen-bond donors (Lipinski definition) is 2. The number of nitrogens with zero attached hydrogens (tertiary/aromatic N) is 1. The van der Waals surface area contributed by atoms with Gasteiger partial charge >= 0.3 is 11.8 Å². The number of carbonyl (C=O) groups is 2. The van der Waals surface area contributed by atoms with E-state index in [4.69, 9.17) is 0 Å². The molecule has 0 unspecified atom stereocenters. The molecule has 4 rings (SSSR count). The average molecular weight is 428 g/mol. The number of anilines is 2. The number of nitrogens with one attached hydrogen (secondary N) is 2. The first-order chi connectivity index (χ1) is 15.5. The molecule has 5 nitrogen and oxygen atoms in total. The normalized spacial score (nSPS) is 12.8. The van der Waals surface area contributed by atoms with Crippen LogP contribution < -0.4 is 15.5 Å². The summed E-state index contributed by atoms with van der Waals surface area (Å²) in [6.07, 6.45) is 1.74. The monoisotopic (exact) mass is 427 g/mol. The van der Waals surface area contributed by atoms with Crippen molar-refractivity contribution in [3.63, 3.8) is 0 Å². The molecule has 5 heteroatoms. The molecule has 164 valence electrons. The van der Waals surface area contributed by atoms with E-state index in [0.29, 0.717) is 18.7 Å². The van der Waals surface area contributed by atoms with Gasteiger partial charge in [-0.25, -0.2) is 0 Å². The van der Waals surface area contributed by atoms with Crippen LogP contribution in [-0.2, 0) is 29.0 Å². The topological polar surface area (TPSA) is 61.4 Å². The number of hydrogen-bond acceptors (Lipinski definition) is 3. The van der Waals surface area contributed by atoms with Gasteiger partial charge in [-0.2, -0.15) is 0 Å². The number of para-hydroxylation sites is 1. The lowest BCUT2D eigenvalue weighted by molar-refractivity contribution is -0.136. The lowest BCUT2D eigenvalue weighted by atomic mass is 9.99. The first kappa shape index (κ1) is 21.6. The number of carbonyl (C=O) groups excluding carboxylic acids is 2. The predicted octanol–water partition coefficient (Wildman–Crippen LogP) is 4.16. The van der Waals surface area contributed by atoms with Crippen molar-refractivity contribution < 1.29 is 9.59 Å². The molecule has 0 fully saturated rings. The second kappa shape index (κ2) is 9.69. The summed E-state index contributed by atoms with van der Waals surface area (Å²) in [5.41, 5.74) is 7.74. The van der Waals surface area contributed by atoms with Crippen LogP contribution in [0.3, 0.4) is 0 Å². The van der Waals surface area contributed by atoms with Crippen molar-refractivity contribution in [2.75, 3.05) is 23.3 Å². The Kier molecular flexibility index (Phi) is 6.55. The quantitative estimate of drug-likeness (QED) is 0.601. The molecule has 0 bridgehead atoms. The van der Waals surface area contributed by atoms with Crippen LogP contribution in [0, 0.1) is 13.8 Å². The summed E-state index contributed by atoms with van der Waals surface area (Å²) in [4.78, 5) is 26.8. The van der Waals surface area contributed by atoms with E-state index < -0.39 is 11.8 Å². The Hall–Kier alpha value is -3.60. The first-order valence-corrected chi connectivity index (χ1v) is 11.1. The minimum Gasteiger partial charge on any atom is -0.367 e. The molecule has 1 aliphatic rings. The van der Waals surface area contributed by atoms with Crippen molar-refractivity contribution in [3.05, 3.63) is 94.5 Å². The second-order valence-electron chi connectivity index (χ2n) is 8.33. The van der Waals surface area contributed by atoms with Crippen LogP contribution in [0.25, 0.3) is 0 Å². The summed E-state index contributed by atoms with van der Waals surface area (Å²) in [6.45, 7) is 6.18. The maximum absolute atomic E-state index is 12.2. The summed E-state index contributed by atoms with van der Waals surface area (Å²) >= 11 is 0. The van der Waals surface area contributed by atoms with Gasteiger partial charge in [0.15, 0.2) is 0 Å². The van der Waals surface area contributed by atoms with E-state index in [9.17, 15) is 9.59 Å². The van der Waals surface area contributed by atoms with Crippen molar-refractivity contribution in [1.82, 2.24) is 5.32 Å². The van der Waals surface area contributed by atoms with Gasteiger partial charge in [-0.3, -0.25) is 9.59 Å². The number of amides is 2. The smallest absolute Gasteiger partial charge is 0.313 e. The lowest BCUT2D eigenvalue weighted by Gasteiger charge is -2.30. The van der Waals surface area contributed by atoms with Crippen LogP contribution in [0.4, 0.5) is 11.4 Å². The summed E-state index contributed by atoms with van der Waals surface area (Å²) < 4.78 is 0. The van der Waals surface area contributed by atoms with Crippen LogP contribution in [0.5, 0.6) is 0 Å². The van der Waals surface area contributed by atoms with Crippen molar-refractivity contribution in [3.8, 4) is 0 Å². The summed E-state index contributed by atoms with van der Waals surface area (Å²) in [6, 6.07) is 22.8. The molecule has 2 N–H and O–H groups in total. The number of aryl methyl sites for hydroxylation is 2. The highest BCUT2D eigenvalue weighted by molar-refractivity contribution is 6.39. The maximum Gasteiger partial charge on any atom is 0.313 e. The van der Waals surface area contributed by atoms with E-state index in [0.717, 1.165) is 36.2 Å². The molecule has 0 radical (unpaired) electrons. The van der Waals surface area contributed by atoms with Crippen molar-refractivity contribution in [2.24, 2.45) is 0 Å². The molecule has 0 aromatic heterocycles. The Bertz CT molecular complexity index is 1100. The van der Waals surface area contributed by atoms with Crippen LogP contribution in [0.1, 0.15) is 27.8 Å². The molecule has 2 amide bonds. The van der Waals surface area contributed by atoms with E-state index in [1.807, 2.05) is 32.0 Å². The third kappa shape index (κ3) is 4.99. The van der Waals surface area contributed by atoms with Crippen LogP contribution >= 0.6 is 0 Å². The summed E-state index contributed by atoms with van der Waals surface area (Å²) in [7, 11) is 0. The highest BCUT2D eigenvalue weighted by Crippen LogP contribution is 2.24. The van der Waals surface area contributed by atoms with Gasteiger partial charge in [0.1, 0.15) is 0 Å². The van der Waals surface area contributed by atoms with E-state index in [2.05, 4.69) is 64.1 Å². The molecule has 0 atom stereocenters. The highest BCUT2D eigenvalue weighted by Gasteiger charge is 2.17. The first-order valence-electron chi connectivity index (χ1n) is 11.1. The molecule has 0 saturated carbocycles. The number of benzene rings is 3. The zero-order chi connectivity index (χ0) is 22.5. The van der Waals surface area contributed by atoms with E-state index >= 15 is 0 Å². The maximum atomic E-state index is 12.2. The molecule has 0 aliphatic carbocycles. The fourth-order valence-corrected chi connectivity index (χ4v) is 4.17. The molecule has 3 aromatic carbocycles. The standard InChI is InChI=1S/C27H29N3O2/c1-19-6-5-7-20(2)25(19)29-27(32)26(31)28-16-14-21-10-12-24(13-11-21)30-17-15-22-8-3-4-9-23(22)18-30/h3-13H,14-18H2,1-2H3,(H,28,31)(H,29,32). The Morgan fingerprint density at radius 1 is 0.844 bits per heavy atom. The average Bonchev–Trinajstić information content (AvgIpc) is 2.81. The van der Waals surface area contributed by atoms with Crippen molar-refractivity contribution >= 4 is 23.2 Å². The van der Waals surface area contributed by atoms with Crippen molar-refractivity contribution in [2.45, 2.75) is 33.2 Å². The van der Waals surface area contributed by atoms with Crippen LogP contribution in [0.2, 0.25) is 0 Å². The third-order valence-corrected chi connectivity index (χ3v) is 6.06. The molecule has 0 spiro atoms. The van der Waals surface area contributed by atoms with Gasteiger partial charge in [0.05, 0.1) is 0 Å².